The molecule has 0 saturated heterocycles. The smallest absolute Gasteiger partial charge is 0.255 e. The first-order valence-electron chi connectivity index (χ1n) is 6.89. The number of aromatic hydroxyl groups is 1. The van der Waals surface area contributed by atoms with Crippen molar-refractivity contribution in [2.45, 2.75) is 45.1 Å². The van der Waals surface area contributed by atoms with Gasteiger partial charge in [0, 0.05) is 6.04 Å². The molecule has 0 bridgehead atoms. The molecule has 0 radical (unpaired) electrons. The normalized spacial score (nSPS) is 23.1. The minimum atomic E-state index is -0.516. The van der Waals surface area contributed by atoms with E-state index in [1.807, 2.05) is 0 Å². The zero-order valence-corrected chi connectivity index (χ0v) is 11.2. The van der Waals surface area contributed by atoms with Crippen molar-refractivity contribution < 1.29 is 14.3 Å². The number of nitrogens with one attached hydrogen (secondary N) is 1. The van der Waals surface area contributed by atoms with Crippen LogP contribution in [0.2, 0.25) is 0 Å². The van der Waals surface area contributed by atoms with Gasteiger partial charge in [-0.15, -0.1) is 0 Å². The summed E-state index contributed by atoms with van der Waals surface area (Å²) in [6.45, 7) is 2.16. The summed E-state index contributed by atoms with van der Waals surface area (Å²) in [7, 11) is 0. The Bertz CT molecular complexity index is 461. The molecule has 2 N–H and O–H groups in total. The summed E-state index contributed by atoms with van der Waals surface area (Å²) in [6.07, 6.45) is 5.38. The lowest BCUT2D eigenvalue weighted by atomic mass is 9.84. The van der Waals surface area contributed by atoms with Crippen LogP contribution in [-0.2, 0) is 0 Å². The number of carbonyl (C=O) groups excluding carboxylic acids is 1. The molecule has 1 aliphatic rings. The van der Waals surface area contributed by atoms with Crippen LogP contribution in [0.25, 0.3) is 0 Å². The molecule has 0 aromatic heterocycles. The van der Waals surface area contributed by atoms with Gasteiger partial charge in [0.15, 0.2) is 0 Å². The van der Waals surface area contributed by atoms with E-state index in [-0.39, 0.29) is 17.4 Å². The maximum atomic E-state index is 13.1. The minimum Gasteiger partial charge on any atom is -0.507 e. The minimum absolute atomic E-state index is 0.0126. The van der Waals surface area contributed by atoms with Crippen LogP contribution in [0.3, 0.4) is 0 Å². The van der Waals surface area contributed by atoms with Gasteiger partial charge < -0.3 is 10.4 Å². The fraction of sp³-hybridized carbons (Fsp3) is 0.533. The van der Waals surface area contributed by atoms with Crippen molar-refractivity contribution in [2.24, 2.45) is 5.92 Å². The molecule has 3 nitrogen and oxygen atoms in total. The van der Waals surface area contributed by atoms with Crippen molar-refractivity contribution in [3.05, 3.63) is 29.6 Å². The van der Waals surface area contributed by atoms with Crippen LogP contribution < -0.4 is 5.32 Å². The molecule has 2 atom stereocenters. The Morgan fingerprint density at radius 1 is 1.47 bits per heavy atom. The molecule has 0 heterocycles. The molecule has 0 spiro atoms. The topological polar surface area (TPSA) is 49.3 Å². The maximum Gasteiger partial charge on any atom is 0.255 e. The second-order valence-corrected chi connectivity index (χ2v) is 5.27. The van der Waals surface area contributed by atoms with Gasteiger partial charge in [-0.25, -0.2) is 4.39 Å². The van der Waals surface area contributed by atoms with E-state index in [4.69, 9.17) is 0 Å². The lowest BCUT2D eigenvalue weighted by molar-refractivity contribution is 0.0916. The average molecular weight is 265 g/mol. The number of phenols is 1. The van der Waals surface area contributed by atoms with Crippen LogP contribution in [0.1, 0.15) is 49.4 Å². The van der Waals surface area contributed by atoms with Gasteiger partial charge in [-0.2, -0.15) is 0 Å². The standard InChI is InChI=1S/C15H20FNO2/c1-2-10-4-3-5-12(8-10)17-15(19)13-9-11(16)6-7-14(13)18/h6-7,9-10,12,18H,2-5,8H2,1H3,(H,17,19). The van der Waals surface area contributed by atoms with Gasteiger partial charge in [0.25, 0.3) is 5.91 Å². The third-order valence-electron chi connectivity index (χ3n) is 3.90. The third-order valence-corrected chi connectivity index (χ3v) is 3.90. The van der Waals surface area contributed by atoms with Crippen molar-refractivity contribution >= 4 is 5.91 Å². The molecule has 1 aromatic carbocycles. The molecule has 1 aromatic rings. The molecule has 1 amide bonds. The number of benzene rings is 1. The summed E-state index contributed by atoms with van der Waals surface area (Å²) >= 11 is 0. The summed E-state index contributed by atoms with van der Waals surface area (Å²) in [5, 5.41) is 12.5. The van der Waals surface area contributed by atoms with E-state index in [0.717, 1.165) is 37.8 Å². The van der Waals surface area contributed by atoms with Crippen LogP contribution in [0.5, 0.6) is 5.75 Å². The Labute approximate surface area is 112 Å². The number of rotatable bonds is 3. The van der Waals surface area contributed by atoms with Gasteiger partial charge in [0.2, 0.25) is 0 Å². The molecule has 104 valence electrons. The van der Waals surface area contributed by atoms with Crippen molar-refractivity contribution in [1.29, 1.82) is 0 Å². The quantitative estimate of drug-likeness (QED) is 0.881. The van der Waals surface area contributed by atoms with E-state index in [9.17, 15) is 14.3 Å². The van der Waals surface area contributed by atoms with Crippen LogP contribution >= 0.6 is 0 Å². The Morgan fingerprint density at radius 2 is 2.26 bits per heavy atom. The molecule has 1 saturated carbocycles. The third kappa shape index (κ3) is 3.46. The first-order chi connectivity index (χ1) is 9.10. The monoisotopic (exact) mass is 265 g/mol. The van der Waals surface area contributed by atoms with E-state index in [0.29, 0.717) is 5.92 Å². The number of amides is 1. The maximum absolute atomic E-state index is 13.1. The lowest BCUT2D eigenvalue weighted by Gasteiger charge is -2.29. The molecule has 0 aliphatic heterocycles. The Hall–Kier alpha value is -1.58. The van der Waals surface area contributed by atoms with E-state index >= 15 is 0 Å². The number of phenolic OH excluding ortho intramolecular Hbond substituents is 1. The summed E-state index contributed by atoms with van der Waals surface area (Å²) in [4.78, 5) is 12.0. The Balaban J connectivity index is 2.02. The van der Waals surface area contributed by atoms with Gasteiger partial charge in [-0.3, -0.25) is 4.79 Å². The van der Waals surface area contributed by atoms with E-state index in [1.54, 1.807) is 0 Å². The molecule has 1 aliphatic carbocycles. The van der Waals surface area contributed by atoms with Gasteiger partial charge in [0.05, 0.1) is 5.56 Å². The number of carbonyl (C=O) groups is 1. The van der Waals surface area contributed by atoms with Crippen LogP contribution in [0.15, 0.2) is 18.2 Å². The largest absolute Gasteiger partial charge is 0.507 e. The summed E-state index contributed by atoms with van der Waals surface area (Å²) in [6, 6.07) is 3.55. The molecule has 19 heavy (non-hydrogen) atoms. The summed E-state index contributed by atoms with van der Waals surface area (Å²) in [5.74, 6) is -0.432. The molecule has 2 rings (SSSR count). The highest BCUT2D eigenvalue weighted by molar-refractivity contribution is 5.96. The van der Waals surface area contributed by atoms with Crippen LogP contribution in [0.4, 0.5) is 4.39 Å². The Kier molecular flexibility index (Phi) is 4.40. The van der Waals surface area contributed by atoms with Gasteiger partial charge in [-0.05, 0) is 37.0 Å². The van der Waals surface area contributed by atoms with Crippen molar-refractivity contribution in [1.82, 2.24) is 5.32 Å². The van der Waals surface area contributed by atoms with Crippen LogP contribution in [-0.4, -0.2) is 17.1 Å². The van der Waals surface area contributed by atoms with Crippen molar-refractivity contribution in [3.8, 4) is 5.75 Å². The van der Waals surface area contributed by atoms with Crippen LogP contribution in [0, 0.1) is 11.7 Å². The van der Waals surface area contributed by atoms with Gasteiger partial charge >= 0.3 is 0 Å². The highest BCUT2D eigenvalue weighted by atomic mass is 19.1. The lowest BCUT2D eigenvalue weighted by Crippen LogP contribution is -2.38. The molecular formula is C15H20FNO2. The number of hydrogen-bond donors (Lipinski definition) is 2. The number of hydrogen-bond acceptors (Lipinski definition) is 2. The second kappa shape index (κ2) is 6.04. The first kappa shape index (κ1) is 13.8. The predicted molar refractivity (Wildman–Crippen MR) is 71.6 cm³/mol. The van der Waals surface area contributed by atoms with Crippen molar-refractivity contribution in [2.75, 3.05) is 0 Å². The fourth-order valence-electron chi connectivity index (χ4n) is 2.75. The van der Waals surface area contributed by atoms with E-state index < -0.39 is 11.7 Å². The van der Waals surface area contributed by atoms with Gasteiger partial charge in [0.1, 0.15) is 11.6 Å². The van der Waals surface area contributed by atoms with E-state index in [1.165, 1.54) is 12.5 Å². The van der Waals surface area contributed by atoms with Gasteiger partial charge in [-0.1, -0.05) is 26.2 Å². The van der Waals surface area contributed by atoms with Crippen molar-refractivity contribution in [3.63, 3.8) is 0 Å². The average Bonchev–Trinajstić information content (AvgIpc) is 2.41. The fourth-order valence-corrected chi connectivity index (χ4v) is 2.75. The number of halogens is 1. The highest BCUT2D eigenvalue weighted by Gasteiger charge is 2.23. The Morgan fingerprint density at radius 3 is 3.00 bits per heavy atom. The highest BCUT2D eigenvalue weighted by Crippen LogP contribution is 2.27. The first-order valence-corrected chi connectivity index (χ1v) is 6.89. The second-order valence-electron chi connectivity index (χ2n) is 5.27. The zero-order chi connectivity index (χ0) is 13.8. The van der Waals surface area contributed by atoms with E-state index in [2.05, 4.69) is 12.2 Å². The summed E-state index contributed by atoms with van der Waals surface area (Å²) in [5.41, 5.74) is 0.0126. The molecule has 4 heteroatoms. The SMILES string of the molecule is CCC1CCCC(NC(=O)c2cc(F)ccc2O)C1. The molecular weight excluding hydrogens is 245 g/mol. The zero-order valence-electron chi connectivity index (χ0n) is 11.2. The summed E-state index contributed by atoms with van der Waals surface area (Å²) < 4.78 is 13.1. The molecule has 1 fully saturated rings. The predicted octanol–water partition coefficient (Wildman–Crippen LogP) is 3.23. The molecule has 2 unspecified atom stereocenters.